The van der Waals surface area contributed by atoms with Crippen molar-refractivity contribution in [1.29, 1.82) is 0 Å². The minimum Gasteiger partial charge on any atom is -0.400 e. The van der Waals surface area contributed by atoms with Crippen LogP contribution in [0.1, 0.15) is 71.4 Å². The highest BCUT2D eigenvalue weighted by Crippen LogP contribution is 2.30. The summed E-state index contributed by atoms with van der Waals surface area (Å²) in [5, 5.41) is 7.00. The summed E-state index contributed by atoms with van der Waals surface area (Å²) in [5.74, 6) is 0.984. The number of anilines is 1. The summed E-state index contributed by atoms with van der Waals surface area (Å²) in [6, 6.07) is 0. The number of unbranched alkanes of at least 4 members (excludes halogenated alkanes) is 1. The van der Waals surface area contributed by atoms with Crippen molar-refractivity contribution in [1.82, 2.24) is 9.97 Å². The average molecular weight is 379 g/mol. The van der Waals surface area contributed by atoms with Crippen molar-refractivity contribution in [3.63, 3.8) is 0 Å². The molecule has 0 bridgehead atoms. The number of aromatic nitrogens is 2. The Morgan fingerprint density at radius 1 is 1.26 bits per heavy atom. The normalized spacial score (nSPS) is 21.6. The van der Waals surface area contributed by atoms with E-state index < -0.39 is 0 Å². The van der Waals surface area contributed by atoms with E-state index in [1.165, 1.54) is 44.9 Å². The molecule has 154 valence electrons. The Morgan fingerprint density at radius 2 is 1.96 bits per heavy atom. The maximum absolute atomic E-state index is 7.00. The van der Waals surface area contributed by atoms with Gasteiger partial charge in [-0.25, -0.2) is 9.97 Å². The summed E-state index contributed by atoms with van der Waals surface area (Å²) in [7, 11) is 1.00. The molecule has 0 aromatic carbocycles. The van der Waals surface area contributed by atoms with Crippen molar-refractivity contribution >= 4 is 17.7 Å². The molecule has 1 N–H and O–H groups in total. The number of rotatable bonds is 5. The molecule has 2 aliphatic heterocycles. The maximum Gasteiger partial charge on any atom is 0.158 e. The molecule has 0 aliphatic carbocycles. The highest BCUT2D eigenvalue weighted by Gasteiger charge is 2.20. The highest BCUT2D eigenvalue weighted by atomic mass is 16.5. The molecule has 0 radical (unpaired) electrons. The summed E-state index contributed by atoms with van der Waals surface area (Å²) in [6.07, 6.45) is 13.5. The van der Waals surface area contributed by atoms with Crippen LogP contribution in [0.4, 0.5) is 11.5 Å². The molecule has 0 saturated carbocycles. The summed E-state index contributed by atoms with van der Waals surface area (Å²) < 4.78 is 5.66. The Balaban J connectivity index is 0.000000265. The van der Waals surface area contributed by atoms with Crippen LogP contribution in [0.5, 0.6) is 0 Å². The lowest BCUT2D eigenvalue weighted by Crippen LogP contribution is -2.19. The van der Waals surface area contributed by atoms with Crippen LogP contribution in [0.25, 0.3) is 0 Å². The van der Waals surface area contributed by atoms with Gasteiger partial charge in [0.05, 0.1) is 17.9 Å². The van der Waals surface area contributed by atoms with Crippen LogP contribution in [0.15, 0.2) is 11.3 Å². The molecule has 27 heavy (non-hydrogen) atoms. The molecular weight excluding hydrogens is 340 g/mol. The van der Waals surface area contributed by atoms with Gasteiger partial charge in [0.2, 0.25) is 0 Å². The topological polar surface area (TPSA) is 70.8 Å². The first-order valence-electron chi connectivity index (χ1n) is 10.3. The van der Waals surface area contributed by atoms with Crippen molar-refractivity contribution in [2.75, 3.05) is 25.1 Å². The van der Waals surface area contributed by atoms with E-state index in [2.05, 4.69) is 33.7 Å². The number of hydrogen-bond acceptors (Lipinski definition) is 6. The van der Waals surface area contributed by atoms with E-state index in [4.69, 9.17) is 9.84 Å². The quantitative estimate of drug-likeness (QED) is 0.766. The van der Waals surface area contributed by atoms with Gasteiger partial charge in [-0.05, 0) is 52.9 Å². The zero-order valence-corrected chi connectivity index (χ0v) is 17.8. The maximum atomic E-state index is 7.00. The minimum absolute atomic E-state index is 0.529. The van der Waals surface area contributed by atoms with Crippen molar-refractivity contribution in [2.24, 2.45) is 4.99 Å². The number of aliphatic imine (C=N–C) groups is 1. The Kier molecular flexibility index (Phi) is 11.9. The Hall–Kier alpha value is -1.53. The first kappa shape index (κ1) is 23.5. The Morgan fingerprint density at radius 3 is 2.52 bits per heavy atom. The molecule has 3 rings (SSSR count). The SMILES string of the molecule is CC=Nc1c(C)ncnc1N1CCCC1.CCCCC1CCC(C)O1.CO. The molecule has 1 aromatic rings. The third-order valence-electron chi connectivity index (χ3n) is 4.85. The number of ether oxygens (including phenoxy) is 1. The number of aryl methyl sites for hydroxylation is 1. The molecule has 2 unspecified atom stereocenters. The summed E-state index contributed by atoms with van der Waals surface area (Å²) in [5.41, 5.74) is 1.87. The zero-order chi connectivity index (χ0) is 20.1. The van der Waals surface area contributed by atoms with E-state index >= 15 is 0 Å². The van der Waals surface area contributed by atoms with Gasteiger partial charge in [0.15, 0.2) is 5.82 Å². The fourth-order valence-corrected chi connectivity index (χ4v) is 3.42. The van der Waals surface area contributed by atoms with E-state index in [1.54, 1.807) is 12.5 Å². The van der Waals surface area contributed by atoms with Crippen molar-refractivity contribution in [2.45, 2.75) is 84.8 Å². The molecule has 2 saturated heterocycles. The van der Waals surface area contributed by atoms with Crippen LogP contribution in [-0.4, -0.2) is 53.7 Å². The molecule has 3 heterocycles. The summed E-state index contributed by atoms with van der Waals surface area (Å²) in [6.45, 7) is 10.5. The number of nitrogens with zero attached hydrogens (tertiary/aromatic N) is 4. The second-order valence-corrected chi connectivity index (χ2v) is 7.00. The molecule has 1 aromatic heterocycles. The van der Waals surface area contributed by atoms with Gasteiger partial charge >= 0.3 is 0 Å². The van der Waals surface area contributed by atoms with E-state index in [1.807, 2.05) is 13.8 Å². The van der Waals surface area contributed by atoms with Gasteiger partial charge in [-0.1, -0.05) is 19.8 Å². The van der Waals surface area contributed by atoms with Gasteiger partial charge in [-0.3, -0.25) is 4.99 Å². The van der Waals surface area contributed by atoms with Crippen LogP contribution in [0.2, 0.25) is 0 Å². The molecule has 0 amide bonds. The molecule has 2 fully saturated rings. The van der Waals surface area contributed by atoms with Crippen LogP contribution >= 0.6 is 0 Å². The predicted octanol–water partition coefficient (Wildman–Crippen LogP) is 4.46. The fraction of sp³-hybridized carbons (Fsp3) is 0.762. The van der Waals surface area contributed by atoms with E-state index in [9.17, 15) is 0 Å². The van der Waals surface area contributed by atoms with Gasteiger partial charge in [0.1, 0.15) is 12.0 Å². The summed E-state index contributed by atoms with van der Waals surface area (Å²) >= 11 is 0. The molecule has 6 heteroatoms. The van der Waals surface area contributed by atoms with Crippen LogP contribution in [-0.2, 0) is 4.74 Å². The lowest BCUT2D eigenvalue weighted by molar-refractivity contribution is 0.0497. The monoisotopic (exact) mass is 378 g/mol. The minimum atomic E-state index is 0.529. The first-order valence-corrected chi connectivity index (χ1v) is 10.3. The fourth-order valence-electron chi connectivity index (χ4n) is 3.42. The van der Waals surface area contributed by atoms with Crippen molar-refractivity contribution in [3.8, 4) is 0 Å². The number of aliphatic hydroxyl groups excluding tert-OH is 1. The predicted molar refractivity (Wildman–Crippen MR) is 113 cm³/mol. The molecule has 0 spiro atoms. The largest absolute Gasteiger partial charge is 0.400 e. The summed E-state index contributed by atoms with van der Waals surface area (Å²) in [4.78, 5) is 15.2. The highest BCUT2D eigenvalue weighted by molar-refractivity contribution is 5.71. The lowest BCUT2D eigenvalue weighted by Gasteiger charge is -2.18. The van der Waals surface area contributed by atoms with E-state index in [0.717, 1.165) is 37.4 Å². The smallest absolute Gasteiger partial charge is 0.158 e. The van der Waals surface area contributed by atoms with Crippen LogP contribution in [0.3, 0.4) is 0 Å². The van der Waals surface area contributed by atoms with Gasteiger partial charge in [0.25, 0.3) is 0 Å². The first-order chi connectivity index (χ1) is 13.2. The van der Waals surface area contributed by atoms with Crippen LogP contribution in [0, 0.1) is 6.92 Å². The number of aliphatic hydroxyl groups is 1. The third kappa shape index (κ3) is 7.93. The standard InChI is InChI=1S/C11H16N4.C9H18O.CH4O/c1-3-12-10-9(2)13-8-14-11(10)15-6-4-5-7-15;1-3-4-5-9-7-6-8(2)10-9;1-2/h3,8H,4-7H2,1-2H3;8-9H,3-7H2,1-2H3;2H,1H3. The molecule has 2 atom stereocenters. The average Bonchev–Trinajstić information content (AvgIpc) is 3.36. The second kappa shape index (κ2) is 13.6. The van der Waals surface area contributed by atoms with Gasteiger partial charge in [0, 0.05) is 26.4 Å². The molecular formula is C21H38N4O2. The van der Waals surface area contributed by atoms with E-state index in [0.29, 0.717) is 12.2 Å². The molecule has 6 nitrogen and oxygen atoms in total. The molecule has 2 aliphatic rings. The van der Waals surface area contributed by atoms with Gasteiger partial charge < -0.3 is 14.7 Å². The zero-order valence-electron chi connectivity index (χ0n) is 17.8. The van der Waals surface area contributed by atoms with Gasteiger partial charge in [-0.15, -0.1) is 0 Å². The Bertz CT molecular complexity index is 545. The number of hydrogen-bond donors (Lipinski definition) is 1. The van der Waals surface area contributed by atoms with E-state index in [-0.39, 0.29) is 0 Å². The third-order valence-corrected chi connectivity index (χ3v) is 4.85. The van der Waals surface area contributed by atoms with Crippen LogP contribution < -0.4 is 4.90 Å². The Labute approximate surface area is 165 Å². The van der Waals surface area contributed by atoms with Crippen molar-refractivity contribution < 1.29 is 9.84 Å². The second-order valence-electron chi connectivity index (χ2n) is 7.00. The van der Waals surface area contributed by atoms with Crippen molar-refractivity contribution in [3.05, 3.63) is 12.0 Å². The van der Waals surface area contributed by atoms with Gasteiger partial charge in [-0.2, -0.15) is 0 Å². The lowest BCUT2D eigenvalue weighted by atomic mass is 10.1.